The Morgan fingerprint density at radius 3 is 2.58 bits per heavy atom. The number of benzene rings is 2. The Hall–Kier alpha value is -1.21. The highest BCUT2D eigenvalue weighted by atomic mass is 35.5. The average molecular weight is 508 g/mol. The fourth-order valence-corrected chi connectivity index (χ4v) is 4.21. The van der Waals surface area contributed by atoms with Gasteiger partial charge >= 0.3 is 6.03 Å². The first-order valence-electron chi connectivity index (χ1n) is 9.74. The van der Waals surface area contributed by atoms with Gasteiger partial charge in [-0.25, -0.2) is 4.79 Å². The normalized spacial score (nSPS) is 15.9. The van der Waals surface area contributed by atoms with E-state index >= 15 is 0 Å². The molecule has 0 fully saturated rings. The number of hydrogen-bond donors (Lipinski definition) is 2. The van der Waals surface area contributed by atoms with Gasteiger partial charge in [0.05, 0.1) is 34.2 Å². The third-order valence-electron chi connectivity index (χ3n) is 5.11. The van der Waals surface area contributed by atoms with E-state index in [0.29, 0.717) is 16.6 Å². The van der Waals surface area contributed by atoms with Gasteiger partial charge in [0.25, 0.3) is 0 Å². The van der Waals surface area contributed by atoms with Gasteiger partial charge in [0, 0.05) is 34.7 Å². The number of amides is 2. The van der Waals surface area contributed by atoms with Crippen LogP contribution in [-0.4, -0.2) is 63.2 Å². The molecule has 172 valence electrons. The Kier molecular flexibility index (Phi) is 10.4. The summed E-state index contributed by atoms with van der Waals surface area (Å²) in [7, 11) is 8.38. The second kappa shape index (κ2) is 11.6. The Labute approximate surface area is 207 Å². The third-order valence-corrected chi connectivity index (χ3v) is 5.66. The minimum atomic E-state index is -0.192. The van der Waals surface area contributed by atoms with Crippen LogP contribution in [0.2, 0.25) is 10.0 Å². The topological polar surface area (TPSA) is 44.4 Å². The first-order chi connectivity index (χ1) is 13.6. The van der Waals surface area contributed by atoms with E-state index in [1.165, 1.54) is 0 Å². The molecule has 1 heterocycles. The molecular weight excluding hydrogens is 478 g/mol. The van der Waals surface area contributed by atoms with Gasteiger partial charge in [0.2, 0.25) is 0 Å². The summed E-state index contributed by atoms with van der Waals surface area (Å²) in [5.41, 5.74) is 4.17. The van der Waals surface area contributed by atoms with E-state index in [2.05, 4.69) is 49.8 Å². The average Bonchev–Trinajstić information content (AvgIpc) is 2.61. The van der Waals surface area contributed by atoms with E-state index in [-0.39, 0.29) is 36.8 Å². The van der Waals surface area contributed by atoms with E-state index in [9.17, 15) is 4.79 Å². The van der Waals surface area contributed by atoms with E-state index in [1.54, 1.807) is 6.07 Å². The lowest BCUT2D eigenvalue weighted by atomic mass is 9.84. The molecule has 0 saturated carbocycles. The van der Waals surface area contributed by atoms with Crippen LogP contribution >= 0.6 is 35.6 Å². The highest BCUT2D eigenvalue weighted by Gasteiger charge is 2.27. The molecule has 0 aliphatic carbocycles. The van der Waals surface area contributed by atoms with Gasteiger partial charge < -0.3 is 32.4 Å². The van der Waals surface area contributed by atoms with Crippen LogP contribution in [0.15, 0.2) is 36.4 Å². The fourth-order valence-electron chi connectivity index (χ4n) is 3.64. The van der Waals surface area contributed by atoms with Crippen LogP contribution in [0.4, 0.5) is 10.5 Å². The van der Waals surface area contributed by atoms with Crippen LogP contribution in [0, 0.1) is 0 Å². The lowest BCUT2D eigenvalue weighted by Gasteiger charge is -2.33. The van der Waals surface area contributed by atoms with Gasteiger partial charge in [-0.2, -0.15) is 0 Å². The number of anilines is 1. The van der Waals surface area contributed by atoms with E-state index in [4.69, 9.17) is 23.2 Å². The molecular formula is C22H30Cl4N4O. The van der Waals surface area contributed by atoms with Crippen molar-refractivity contribution in [3.63, 3.8) is 0 Å². The number of nitrogens with zero attached hydrogens (tertiary/aromatic N) is 2. The Balaban J connectivity index is 0.00000240. The Morgan fingerprint density at radius 1 is 1.19 bits per heavy atom. The predicted molar refractivity (Wildman–Crippen MR) is 128 cm³/mol. The molecule has 2 amide bonds. The van der Waals surface area contributed by atoms with Crippen molar-refractivity contribution in [2.45, 2.75) is 12.5 Å². The zero-order valence-corrected chi connectivity index (χ0v) is 21.3. The number of hydrogen-bond acceptors (Lipinski definition) is 2. The summed E-state index contributed by atoms with van der Waals surface area (Å²) in [5.74, 6) is 0.142. The SMILES string of the molecule is CN1Cc2c(Cl)cc(Cl)cc2C(c2cccc(NC(=O)NCC[N+](C)(C)C)c2)C1.Cl.[Cl-]. The molecule has 2 aromatic rings. The number of likely N-dealkylation sites (N-methyl/N-ethyl adjacent to an activating group) is 2. The van der Waals surface area contributed by atoms with E-state index in [1.807, 2.05) is 24.3 Å². The monoisotopic (exact) mass is 506 g/mol. The first-order valence-corrected chi connectivity index (χ1v) is 10.5. The highest BCUT2D eigenvalue weighted by Crippen LogP contribution is 2.38. The van der Waals surface area contributed by atoms with Crippen molar-refractivity contribution >= 4 is 47.3 Å². The third kappa shape index (κ3) is 7.70. The molecule has 1 aliphatic rings. The lowest BCUT2D eigenvalue weighted by molar-refractivity contribution is -0.869. The Morgan fingerprint density at radius 2 is 1.90 bits per heavy atom. The van der Waals surface area contributed by atoms with Crippen molar-refractivity contribution in [3.8, 4) is 0 Å². The lowest BCUT2D eigenvalue weighted by Crippen LogP contribution is -3.00. The summed E-state index contributed by atoms with van der Waals surface area (Å²) in [6.45, 7) is 3.14. The molecule has 1 unspecified atom stereocenters. The summed E-state index contributed by atoms with van der Waals surface area (Å²) in [6, 6.07) is 11.6. The van der Waals surface area contributed by atoms with Crippen LogP contribution in [0.1, 0.15) is 22.6 Å². The number of urea groups is 1. The molecule has 2 N–H and O–H groups in total. The summed E-state index contributed by atoms with van der Waals surface area (Å²) in [6.07, 6.45) is 0. The quantitative estimate of drug-likeness (QED) is 0.606. The standard InChI is InChI=1S/C22H28Cl2N4O.2ClH/c1-27-13-19(18-11-16(23)12-21(24)20(18)14-27)15-6-5-7-17(10-15)26-22(29)25-8-9-28(2,3)4;;/h5-7,10-12,19H,8-9,13-14H2,1-4H3,(H-,25,26,29);2*1H. The number of carbonyl (C=O) groups excluding carboxylic acids is 1. The number of quaternary nitrogens is 1. The number of nitrogens with one attached hydrogen (secondary N) is 2. The molecule has 2 aromatic carbocycles. The summed E-state index contributed by atoms with van der Waals surface area (Å²) in [5, 5.41) is 7.21. The minimum Gasteiger partial charge on any atom is -1.00 e. The van der Waals surface area contributed by atoms with Gasteiger partial charge in [-0.05, 0) is 48.0 Å². The van der Waals surface area contributed by atoms with Gasteiger partial charge in [-0.1, -0.05) is 35.3 Å². The first kappa shape index (κ1) is 27.8. The summed E-state index contributed by atoms with van der Waals surface area (Å²) < 4.78 is 0.801. The molecule has 0 radical (unpaired) electrons. The van der Waals surface area contributed by atoms with Crippen LogP contribution in [0.25, 0.3) is 0 Å². The molecule has 0 bridgehead atoms. The highest BCUT2D eigenvalue weighted by molar-refractivity contribution is 6.35. The van der Waals surface area contributed by atoms with Gasteiger partial charge in [0.1, 0.15) is 0 Å². The smallest absolute Gasteiger partial charge is 0.319 e. The molecule has 3 rings (SSSR count). The van der Waals surface area contributed by atoms with Gasteiger partial charge in [0.15, 0.2) is 0 Å². The molecule has 31 heavy (non-hydrogen) atoms. The van der Waals surface area contributed by atoms with Crippen LogP contribution in [0.5, 0.6) is 0 Å². The van der Waals surface area contributed by atoms with Crippen molar-refractivity contribution in [1.82, 2.24) is 10.2 Å². The molecule has 0 saturated heterocycles. The van der Waals surface area contributed by atoms with Crippen molar-refractivity contribution < 1.29 is 21.7 Å². The molecule has 9 heteroatoms. The van der Waals surface area contributed by atoms with E-state index in [0.717, 1.165) is 46.5 Å². The maximum Gasteiger partial charge on any atom is 0.319 e. The molecule has 0 aromatic heterocycles. The van der Waals surface area contributed by atoms with Crippen molar-refractivity contribution in [3.05, 3.63) is 63.1 Å². The van der Waals surface area contributed by atoms with Gasteiger partial charge in [-0.15, -0.1) is 12.4 Å². The van der Waals surface area contributed by atoms with E-state index < -0.39 is 0 Å². The van der Waals surface area contributed by atoms with Crippen molar-refractivity contribution in [1.29, 1.82) is 0 Å². The van der Waals surface area contributed by atoms with Crippen molar-refractivity contribution in [2.24, 2.45) is 0 Å². The van der Waals surface area contributed by atoms with Gasteiger partial charge in [-0.3, -0.25) is 0 Å². The molecule has 5 nitrogen and oxygen atoms in total. The minimum absolute atomic E-state index is 0. The molecule has 1 atom stereocenters. The number of rotatable bonds is 5. The number of carbonyl (C=O) groups is 1. The summed E-state index contributed by atoms with van der Waals surface area (Å²) >= 11 is 12.8. The second-order valence-electron chi connectivity index (χ2n) is 8.73. The van der Waals surface area contributed by atoms with Crippen LogP contribution < -0.4 is 23.0 Å². The zero-order chi connectivity index (χ0) is 21.2. The molecule has 1 aliphatic heterocycles. The maximum atomic E-state index is 12.3. The largest absolute Gasteiger partial charge is 1.00 e. The fraction of sp³-hybridized carbons (Fsp3) is 0.409. The van der Waals surface area contributed by atoms with Crippen molar-refractivity contribution in [2.75, 3.05) is 53.1 Å². The zero-order valence-electron chi connectivity index (χ0n) is 18.2. The predicted octanol–water partition coefficient (Wildman–Crippen LogP) is 1.82. The van der Waals surface area contributed by atoms with Crippen LogP contribution in [0.3, 0.4) is 0 Å². The molecule has 0 spiro atoms. The Bertz CT molecular complexity index is 902. The number of fused-ring (bicyclic) bond motifs is 1. The second-order valence-corrected chi connectivity index (χ2v) is 9.57. The summed E-state index contributed by atoms with van der Waals surface area (Å²) in [4.78, 5) is 14.5. The number of halogens is 4. The maximum absolute atomic E-state index is 12.3. The van der Waals surface area contributed by atoms with Crippen LogP contribution in [-0.2, 0) is 6.54 Å².